The summed E-state index contributed by atoms with van der Waals surface area (Å²) in [6.45, 7) is 3.14. The number of hydrogen-bond acceptors (Lipinski definition) is 3. The summed E-state index contributed by atoms with van der Waals surface area (Å²) in [5, 5.41) is 3.05. The summed E-state index contributed by atoms with van der Waals surface area (Å²) in [6.07, 6.45) is 3.99. The van der Waals surface area contributed by atoms with Crippen LogP contribution in [-0.4, -0.2) is 37.5 Å². The third kappa shape index (κ3) is 4.29. The van der Waals surface area contributed by atoms with Crippen LogP contribution in [0, 0.1) is 5.41 Å². The third-order valence-corrected chi connectivity index (χ3v) is 4.48. The molecule has 1 aromatic rings. The Hall–Kier alpha value is -1.39. The van der Waals surface area contributed by atoms with Gasteiger partial charge in [0, 0.05) is 19.6 Å². The summed E-state index contributed by atoms with van der Waals surface area (Å²) in [5.74, 6) is 0.155. The molecule has 4 heteroatoms. The molecule has 1 saturated carbocycles. The SMILES string of the molecule is CN(CCCNC(=O)C1(CN)CCC1)Cc1ccccc1. The molecule has 0 radical (unpaired) electrons. The van der Waals surface area contributed by atoms with Gasteiger partial charge in [-0.1, -0.05) is 36.8 Å². The Morgan fingerprint density at radius 1 is 1.33 bits per heavy atom. The molecule has 0 aromatic heterocycles. The van der Waals surface area contributed by atoms with Gasteiger partial charge in [-0.25, -0.2) is 0 Å². The summed E-state index contributed by atoms with van der Waals surface area (Å²) in [5.41, 5.74) is 6.81. The molecule has 1 fully saturated rings. The number of nitrogens with two attached hydrogens (primary N) is 1. The van der Waals surface area contributed by atoms with Crippen LogP contribution in [0.4, 0.5) is 0 Å². The Balaban J connectivity index is 1.62. The zero-order valence-corrected chi connectivity index (χ0v) is 13.0. The molecular formula is C17H27N3O. The zero-order chi connectivity index (χ0) is 15.1. The molecule has 0 heterocycles. The fourth-order valence-corrected chi connectivity index (χ4v) is 2.84. The second-order valence-corrected chi connectivity index (χ2v) is 6.17. The van der Waals surface area contributed by atoms with Gasteiger partial charge in [-0.15, -0.1) is 0 Å². The number of nitrogens with one attached hydrogen (secondary N) is 1. The Morgan fingerprint density at radius 3 is 2.62 bits per heavy atom. The van der Waals surface area contributed by atoms with E-state index in [0.29, 0.717) is 6.54 Å². The molecule has 1 aliphatic carbocycles. The van der Waals surface area contributed by atoms with Crippen molar-refractivity contribution in [3.63, 3.8) is 0 Å². The zero-order valence-electron chi connectivity index (χ0n) is 13.0. The highest BCUT2D eigenvalue weighted by molar-refractivity contribution is 5.83. The van der Waals surface area contributed by atoms with Gasteiger partial charge in [-0.2, -0.15) is 0 Å². The highest BCUT2D eigenvalue weighted by atomic mass is 16.2. The first-order valence-electron chi connectivity index (χ1n) is 7.87. The van der Waals surface area contributed by atoms with Crippen LogP contribution < -0.4 is 11.1 Å². The lowest BCUT2D eigenvalue weighted by atomic mass is 9.68. The van der Waals surface area contributed by atoms with E-state index in [9.17, 15) is 4.79 Å². The molecule has 0 bridgehead atoms. The van der Waals surface area contributed by atoms with Crippen molar-refractivity contribution in [2.45, 2.75) is 32.2 Å². The van der Waals surface area contributed by atoms with Crippen LogP contribution in [0.1, 0.15) is 31.2 Å². The molecule has 0 atom stereocenters. The monoisotopic (exact) mass is 289 g/mol. The smallest absolute Gasteiger partial charge is 0.227 e. The summed E-state index contributed by atoms with van der Waals surface area (Å²) >= 11 is 0. The van der Waals surface area contributed by atoms with Gasteiger partial charge < -0.3 is 16.0 Å². The minimum atomic E-state index is -0.254. The molecule has 1 aromatic carbocycles. The average Bonchev–Trinajstić information content (AvgIpc) is 2.44. The van der Waals surface area contributed by atoms with Crippen LogP contribution in [0.15, 0.2) is 30.3 Å². The minimum Gasteiger partial charge on any atom is -0.356 e. The van der Waals surface area contributed by atoms with Crippen molar-refractivity contribution in [2.24, 2.45) is 11.1 Å². The van der Waals surface area contributed by atoms with Gasteiger partial charge in [-0.05, 0) is 38.4 Å². The molecule has 3 N–H and O–H groups in total. The fourth-order valence-electron chi connectivity index (χ4n) is 2.84. The van der Waals surface area contributed by atoms with E-state index < -0.39 is 0 Å². The van der Waals surface area contributed by atoms with E-state index in [2.05, 4.69) is 41.5 Å². The van der Waals surface area contributed by atoms with Crippen molar-refractivity contribution in [2.75, 3.05) is 26.7 Å². The number of nitrogens with zero attached hydrogens (tertiary/aromatic N) is 1. The van der Waals surface area contributed by atoms with E-state index in [4.69, 9.17) is 5.73 Å². The van der Waals surface area contributed by atoms with Crippen molar-refractivity contribution in [1.82, 2.24) is 10.2 Å². The van der Waals surface area contributed by atoms with Crippen LogP contribution in [0.25, 0.3) is 0 Å². The highest BCUT2D eigenvalue weighted by Gasteiger charge is 2.42. The predicted octanol–water partition coefficient (Wildman–Crippen LogP) is 1.75. The van der Waals surface area contributed by atoms with Crippen LogP contribution in [0.3, 0.4) is 0 Å². The number of hydrogen-bond donors (Lipinski definition) is 2. The topological polar surface area (TPSA) is 58.4 Å². The summed E-state index contributed by atoms with van der Waals surface area (Å²) in [6, 6.07) is 10.4. The number of benzene rings is 1. The maximum absolute atomic E-state index is 12.1. The quantitative estimate of drug-likeness (QED) is 0.717. The average molecular weight is 289 g/mol. The van der Waals surface area contributed by atoms with Crippen molar-refractivity contribution < 1.29 is 4.79 Å². The second-order valence-electron chi connectivity index (χ2n) is 6.17. The molecule has 1 aliphatic rings. The van der Waals surface area contributed by atoms with Crippen molar-refractivity contribution in [1.29, 1.82) is 0 Å². The van der Waals surface area contributed by atoms with Crippen LogP contribution in [0.2, 0.25) is 0 Å². The van der Waals surface area contributed by atoms with E-state index in [-0.39, 0.29) is 11.3 Å². The number of carbonyl (C=O) groups excluding carboxylic acids is 1. The first-order chi connectivity index (χ1) is 10.2. The van der Waals surface area contributed by atoms with Crippen LogP contribution in [-0.2, 0) is 11.3 Å². The largest absolute Gasteiger partial charge is 0.356 e. The van der Waals surface area contributed by atoms with Gasteiger partial charge >= 0.3 is 0 Å². The van der Waals surface area contributed by atoms with Gasteiger partial charge in [-0.3, -0.25) is 4.79 Å². The summed E-state index contributed by atoms with van der Waals surface area (Å²) < 4.78 is 0. The maximum atomic E-state index is 12.1. The van der Waals surface area contributed by atoms with Crippen LogP contribution in [0.5, 0.6) is 0 Å². The Morgan fingerprint density at radius 2 is 2.05 bits per heavy atom. The van der Waals surface area contributed by atoms with Crippen LogP contribution >= 0.6 is 0 Å². The minimum absolute atomic E-state index is 0.155. The molecule has 0 unspecified atom stereocenters. The van der Waals surface area contributed by atoms with Gasteiger partial charge in [0.1, 0.15) is 0 Å². The summed E-state index contributed by atoms with van der Waals surface area (Å²) in [4.78, 5) is 14.4. The molecule has 1 amide bonds. The molecule has 0 saturated heterocycles. The second kappa shape index (κ2) is 7.57. The first-order valence-corrected chi connectivity index (χ1v) is 7.87. The van der Waals surface area contributed by atoms with E-state index in [1.54, 1.807) is 0 Å². The van der Waals surface area contributed by atoms with Gasteiger partial charge in [0.25, 0.3) is 0 Å². The lowest BCUT2D eigenvalue weighted by Crippen LogP contribution is -2.50. The Labute approximate surface area is 127 Å². The molecular weight excluding hydrogens is 262 g/mol. The number of carbonyl (C=O) groups is 1. The summed E-state index contributed by atoms with van der Waals surface area (Å²) in [7, 11) is 2.11. The number of amides is 1. The lowest BCUT2D eigenvalue weighted by Gasteiger charge is -2.39. The molecule has 116 valence electrons. The normalized spacial score (nSPS) is 16.5. The highest BCUT2D eigenvalue weighted by Crippen LogP contribution is 2.39. The van der Waals surface area contributed by atoms with E-state index >= 15 is 0 Å². The molecule has 21 heavy (non-hydrogen) atoms. The van der Waals surface area contributed by atoms with E-state index in [1.165, 1.54) is 5.56 Å². The van der Waals surface area contributed by atoms with Crippen molar-refractivity contribution in [3.05, 3.63) is 35.9 Å². The Bertz CT molecular complexity index is 437. The Kier molecular flexibility index (Phi) is 5.76. The number of rotatable bonds is 8. The van der Waals surface area contributed by atoms with Crippen molar-refractivity contribution in [3.8, 4) is 0 Å². The standard InChI is InChI=1S/C17H27N3O/c1-20(13-15-7-3-2-4-8-15)12-6-11-19-16(21)17(14-18)9-5-10-17/h2-4,7-8H,5-6,9-14,18H2,1H3,(H,19,21). The molecule has 4 nitrogen and oxygen atoms in total. The van der Waals surface area contributed by atoms with Gasteiger partial charge in [0.15, 0.2) is 0 Å². The molecule has 0 spiro atoms. The molecule has 0 aliphatic heterocycles. The van der Waals surface area contributed by atoms with E-state index in [1.807, 2.05) is 6.07 Å². The van der Waals surface area contributed by atoms with Crippen molar-refractivity contribution >= 4 is 5.91 Å². The predicted molar refractivity (Wildman–Crippen MR) is 85.7 cm³/mol. The van der Waals surface area contributed by atoms with Gasteiger partial charge in [0.2, 0.25) is 5.91 Å². The first kappa shape index (κ1) is 16.0. The van der Waals surface area contributed by atoms with E-state index in [0.717, 1.165) is 45.3 Å². The molecule has 2 rings (SSSR count). The fraction of sp³-hybridized carbons (Fsp3) is 0.588. The lowest BCUT2D eigenvalue weighted by molar-refractivity contribution is -0.135. The van der Waals surface area contributed by atoms with Gasteiger partial charge in [0.05, 0.1) is 5.41 Å². The maximum Gasteiger partial charge on any atom is 0.227 e. The third-order valence-electron chi connectivity index (χ3n) is 4.48.